The first kappa shape index (κ1) is 17.5. The number of amides is 2. The molecular formula is C18H21FN2O4. The lowest BCUT2D eigenvalue weighted by Crippen LogP contribution is -2.55. The number of halogens is 1. The third-order valence-electron chi connectivity index (χ3n) is 5.41. The smallest absolute Gasteiger partial charge is 0.326 e. The van der Waals surface area contributed by atoms with E-state index in [-0.39, 0.29) is 24.4 Å². The third-order valence-corrected chi connectivity index (χ3v) is 5.41. The first-order valence-electron chi connectivity index (χ1n) is 8.38. The van der Waals surface area contributed by atoms with Gasteiger partial charge in [0.15, 0.2) is 0 Å². The van der Waals surface area contributed by atoms with Crippen molar-refractivity contribution in [1.82, 2.24) is 10.2 Å². The lowest BCUT2D eigenvalue weighted by molar-refractivity contribution is -0.154. The van der Waals surface area contributed by atoms with Gasteiger partial charge in [0, 0.05) is 18.2 Å². The molecule has 0 aliphatic carbocycles. The van der Waals surface area contributed by atoms with Crippen molar-refractivity contribution in [2.75, 3.05) is 13.7 Å². The van der Waals surface area contributed by atoms with Crippen LogP contribution in [-0.4, -0.2) is 41.9 Å². The second-order valence-electron chi connectivity index (χ2n) is 6.38. The molecule has 7 heteroatoms. The van der Waals surface area contributed by atoms with E-state index in [9.17, 15) is 18.8 Å². The minimum Gasteiger partial charge on any atom is -0.468 e. The van der Waals surface area contributed by atoms with Crippen LogP contribution in [0.25, 0.3) is 0 Å². The minimum atomic E-state index is -1.34. The van der Waals surface area contributed by atoms with Gasteiger partial charge in [-0.15, -0.1) is 0 Å². The number of benzene rings is 1. The number of carbonyl (C=O) groups is 3. The number of nitrogens with one attached hydrogen (secondary N) is 1. The number of imide groups is 1. The Kier molecular flexibility index (Phi) is 4.36. The summed E-state index contributed by atoms with van der Waals surface area (Å²) in [5.41, 5.74) is -1.07. The molecule has 2 heterocycles. The Morgan fingerprint density at radius 3 is 2.52 bits per heavy atom. The van der Waals surface area contributed by atoms with E-state index in [0.717, 1.165) is 4.90 Å². The molecule has 2 amide bonds. The molecule has 1 N–H and O–H groups in total. The molecule has 2 fully saturated rings. The molecule has 0 bridgehead atoms. The van der Waals surface area contributed by atoms with Gasteiger partial charge in [-0.05, 0) is 19.4 Å². The highest BCUT2D eigenvalue weighted by Crippen LogP contribution is 2.50. The number of fused-ring (bicyclic) bond motifs is 1. The van der Waals surface area contributed by atoms with Crippen LogP contribution in [0.1, 0.15) is 31.9 Å². The van der Waals surface area contributed by atoms with Crippen molar-refractivity contribution in [1.29, 1.82) is 0 Å². The highest BCUT2D eigenvalue weighted by atomic mass is 19.1. The van der Waals surface area contributed by atoms with E-state index < -0.39 is 41.1 Å². The Balaban J connectivity index is 2.17. The summed E-state index contributed by atoms with van der Waals surface area (Å²) in [7, 11) is 1.24. The summed E-state index contributed by atoms with van der Waals surface area (Å²) in [5, 5.41) is 3.09. The summed E-state index contributed by atoms with van der Waals surface area (Å²) in [5.74, 6) is -3.60. The summed E-state index contributed by atoms with van der Waals surface area (Å²) >= 11 is 0. The fourth-order valence-electron chi connectivity index (χ4n) is 4.21. The Hall–Kier alpha value is -2.28. The van der Waals surface area contributed by atoms with Crippen molar-refractivity contribution < 1.29 is 23.5 Å². The monoisotopic (exact) mass is 348 g/mol. The lowest BCUT2D eigenvalue weighted by Gasteiger charge is -2.31. The maximum atomic E-state index is 14.4. The molecule has 0 spiro atoms. The van der Waals surface area contributed by atoms with Crippen LogP contribution in [0.4, 0.5) is 4.39 Å². The molecule has 0 saturated carbocycles. The predicted octanol–water partition coefficient (Wildman–Crippen LogP) is 1.41. The average molecular weight is 348 g/mol. The van der Waals surface area contributed by atoms with Crippen molar-refractivity contribution in [3.05, 3.63) is 35.6 Å². The Morgan fingerprint density at radius 1 is 1.28 bits per heavy atom. The first-order chi connectivity index (χ1) is 11.9. The van der Waals surface area contributed by atoms with E-state index >= 15 is 0 Å². The van der Waals surface area contributed by atoms with Crippen molar-refractivity contribution in [3.8, 4) is 0 Å². The van der Waals surface area contributed by atoms with Crippen LogP contribution < -0.4 is 5.32 Å². The van der Waals surface area contributed by atoms with Gasteiger partial charge in [0.05, 0.1) is 18.9 Å². The van der Waals surface area contributed by atoms with Gasteiger partial charge in [-0.2, -0.15) is 0 Å². The average Bonchev–Trinajstić information content (AvgIpc) is 3.09. The van der Waals surface area contributed by atoms with Gasteiger partial charge in [-0.3, -0.25) is 24.6 Å². The fraction of sp³-hybridized carbons (Fsp3) is 0.500. The van der Waals surface area contributed by atoms with Gasteiger partial charge in [-0.25, -0.2) is 4.39 Å². The maximum Gasteiger partial charge on any atom is 0.326 e. The van der Waals surface area contributed by atoms with Crippen LogP contribution in [0.3, 0.4) is 0 Å². The minimum absolute atomic E-state index is 0.218. The molecule has 2 aliphatic heterocycles. The van der Waals surface area contributed by atoms with Gasteiger partial charge >= 0.3 is 5.97 Å². The van der Waals surface area contributed by atoms with Gasteiger partial charge in [0.2, 0.25) is 11.8 Å². The number of likely N-dealkylation sites (tertiary alicyclic amines) is 1. The van der Waals surface area contributed by atoms with E-state index in [1.807, 2.05) is 0 Å². The Labute approximate surface area is 145 Å². The van der Waals surface area contributed by atoms with E-state index in [1.54, 1.807) is 32.0 Å². The van der Waals surface area contributed by atoms with E-state index in [1.165, 1.54) is 13.2 Å². The van der Waals surface area contributed by atoms with Crippen LogP contribution in [-0.2, 0) is 19.1 Å². The molecule has 0 aromatic heterocycles. The number of hydrogen-bond donors (Lipinski definition) is 1. The molecule has 4 atom stereocenters. The molecule has 2 aliphatic rings. The summed E-state index contributed by atoms with van der Waals surface area (Å²) in [6.45, 7) is 3.67. The summed E-state index contributed by atoms with van der Waals surface area (Å²) in [6.07, 6.45) is 0.252. The van der Waals surface area contributed by atoms with E-state index in [4.69, 9.17) is 4.74 Å². The van der Waals surface area contributed by atoms with Crippen molar-refractivity contribution in [3.63, 3.8) is 0 Å². The van der Waals surface area contributed by atoms with Crippen molar-refractivity contribution in [2.45, 2.75) is 31.8 Å². The number of rotatable bonds is 4. The predicted molar refractivity (Wildman–Crippen MR) is 86.7 cm³/mol. The maximum absolute atomic E-state index is 14.4. The fourth-order valence-corrected chi connectivity index (χ4v) is 4.21. The number of methoxy groups -OCH3 is 1. The second kappa shape index (κ2) is 6.22. The van der Waals surface area contributed by atoms with Crippen LogP contribution in [0, 0.1) is 17.7 Å². The zero-order valence-electron chi connectivity index (χ0n) is 14.4. The molecule has 3 rings (SSSR count). The Morgan fingerprint density at radius 2 is 1.96 bits per heavy atom. The molecule has 25 heavy (non-hydrogen) atoms. The third kappa shape index (κ3) is 2.29. The molecule has 0 unspecified atom stereocenters. The number of carbonyl (C=O) groups excluding carboxylic acids is 3. The molecule has 2 saturated heterocycles. The standard InChI is InChI=1S/C18H21FN2O4/c1-4-18(17(24)25-3)13-12(15(22)21(5-2)16(13)23)14(20-18)10-8-6-7-9-11(10)19/h6-9,12-14,20H,4-5H2,1-3H3/t12-,13-,14-,18+/m0/s1. The highest BCUT2D eigenvalue weighted by Gasteiger charge is 2.68. The molecule has 0 radical (unpaired) electrons. The number of hydrogen-bond acceptors (Lipinski definition) is 5. The lowest BCUT2D eigenvalue weighted by atomic mass is 9.78. The second-order valence-corrected chi connectivity index (χ2v) is 6.38. The topological polar surface area (TPSA) is 75.7 Å². The molecule has 1 aromatic rings. The first-order valence-corrected chi connectivity index (χ1v) is 8.38. The van der Waals surface area contributed by atoms with Crippen LogP contribution in [0.15, 0.2) is 24.3 Å². The van der Waals surface area contributed by atoms with Crippen LogP contribution in [0.5, 0.6) is 0 Å². The summed E-state index contributed by atoms with van der Waals surface area (Å²) < 4.78 is 19.3. The highest BCUT2D eigenvalue weighted by molar-refractivity contribution is 6.09. The molecule has 6 nitrogen and oxygen atoms in total. The van der Waals surface area contributed by atoms with Crippen molar-refractivity contribution >= 4 is 17.8 Å². The van der Waals surface area contributed by atoms with Gasteiger partial charge in [0.25, 0.3) is 0 Å². The summed E-state index contributed by atoms with van der Waals surface area (Å²) in [6, 6.07) is 5.32. The van der Waals surface area contributed by atoms with Gasteiger partial charge in [0.1, 0.15) is 11.4 Å². The number of esters is 1. The Bertz CT molecular complexity index is 738. The van der Waals surface area contributed by atoms with Crippen LogP contribution >= 0.6 is 0 Å². The SMILES string of the molecule is CCN1C(=O)[C@H]2[C@@H](C1=O)[C@](CC)(C(=O)OC)N[C@H]2c1ccccc1F. The van der Waals surface area contributed by atoms with E-state index in [0.29, 0.717) is 0 Å². The zero-order valence-corrected chi connectivity index (χ0v) is 14.4. The quantitative estimate of drug-likeness (QED) is 0.658. The molecule has 134 valence electrons. The van der Waals surface area contributed by atoms with E-state index in [2.05, 4.69) is 5.32 Å². The van der Waals surface area contributed by atoms with Crippen molar-refractivity contribution in [2.24, 2.45) is 11.8 Å². The normalized spacial score (nSPS) is 31.4. The summed E-state index contributed by atoms with van der Waals surface area (Å²) in [4.78, 5) is 39.4. The van der Waals surface area contributed by atoms with Gasteiger partial charge in [-0.1, -0.05) is 25.1 Å². The van der Waals surface area contributed by atoms with Gasteiger partial charge < -0.3 is 4.74 Å². The number of ether oxygens (including phenoxy) is 1. The van der Waals surface area contributed by atoms with Crippen LogP contribution in [0.2, 0.25) is 0 Å². The largest absolute Gasteiger partial charge is 0.468 e. The number of nitrogens with zero attached hydrogens (tertiary/aromatic N) is 1. The molecule has 1 aromatic carbocycles. The zero-order chi connectivity index (χ0) is 18.4. The molecular weight excluding hydrogens is 327 g/mol.